The van der Waals surface area contributed by atoms with E-state index < -0.39 is 30.3 Å². The molecule has 0 spiro atoms. The quantitative estimate of drug-likeness (QED) is 0.224. The van der Waals surface area contributed by atoms with Crippen LogP contribution in [0.4, 0.5) is 9.59 Å². The maximum absolute atomic E-state index is 13.4. The highest BCUT2D eigenvalue weighted by Gasteiger charge is 2.30. The van der Waals surface area contributed by atoms with E-state index in [1.807, 2.05) is 74.5 Å². The molecule has 4 N–H and O–H groups in total. The number of thiazole rings is 1. The van der Waals surface area contributed by atoms with Gasteiger partial charge in [-0.3, -0.25) is 9.78 Å². The van der Waals surface area contributed by atoms with Gasteiger partial charge in [0.2, 0.25) is 5.91 Å². The third-order valence-electron chi connectivity index (χ3n) is 6.73. The van der Waals surface area contributed by atoms with E-state index in [2.05, 4.69) is 20.9 Å². The second-order valence-corrected chi connectivity index (χ2v) is 11.7. The summed E-state index contributed by atoms with van der Waals surface area (Å²) in [6.45, 7) is 3.80. The number of nitrogens with one attached hydrogen (secondary N) is 3. The Balaban J connectivity index is 1.77. The number of hydrogen-bond donors (Lipinski definition) is 4. The lowest BCUT2D eigenvalue weighted by Crippen LogP contribution is -2.55. The van der Waals surface area contributed by atoms with Crippen molar-refractivity contribution in [2.45, 2.75) is 63.9 Å². The maximum Gasteiger partial charge on any atom is 0.407 e. The summed E-state index contributed by atoms with van der Waals surface area (Å²) in [4.78, 5) is 44.7. The Hall–Kier alpha value is -3.96. The van der Waals surface area contributed by atoms with E-state index in [-0.39, 0.29) is 30.9 Å². The number of nitrogens with zero attached hydrogens (tertiary/aromatic N) is 2. The largest absolute Gasteiger partial charge is 0.444 e. The van der Waals surface area contributed by atoms with E-state index in [4.69, 9.17) is 4.74 Å². The van der Waals surface area contributed by atoms with E-state index >= 15 is 0 Å². The van der Waals surface area contributed by atoms with Crippen LogP contribution in [0.5, 0.6) is 0 Å². The molecule has 0 saturated carbocycles. The van der Waals surface area contributed by atoms with Gasteiger partial charge in [-0.2, -0.15) is 0 Å². The van der Waals surface area contributed by atoms with Gasteiger partial charge in [0.15, 0.2) is 0 Å². The van der Waals surface area contributed by atoms with Crippen molar-refractivity contribution in [3.8, 4) is 0 Å². The lowest BCUT2D eigenvalue weighted by Gasteiger charge is -2.30. The zero-order valence-corrected chi connectivity index (χ0v) is 25.3. The number of hydrogen-bond acceptors (Lipinski definition) is 7. The summed E-state index contributed by atoms with van der Waals surface area (Å²) in [5.74, 6) is -0.512. The lowest BCUT2D eigenvalue weighted by molar-refractivity contribution is -0.124. The minimum atomic E-state index is -1.02. The van der Waals surface area contributed by atoms with Crippen LogP contribution in [0.15, 0.2) is 72.4 Å². The minimum Gasteiger partial charge on any atom is -0.444 e. The average Bonchev–Trinajstić information content (AvgIpc) is 3.49. The van der Waals surface area contributed by atoms with Crippen LogP contribution in [0.25, 0.3) is 0 Å². The molecule has 0 aliphatic carbocycles. The number of aliphatic hydroxyl groups is 1. The summed E-state index contributed by atoms with van der Waals surface area (Å²) >= 11 is 1.38. The van der Waals surface area contributed by atoms with Crippen LogP contribution < -0.4 is 16.0 Å². The van der Waals surface area contributed by atoms with Crippen molar-refractivity contribution >= 4 is 29.4 Å². The highest BCUT2D eigenvalue weighted by Crippen LogP contribution is 2.16. The zero-order chi connectivity index (χ0) is 30.5. The number of carbonyl (C=O) groups is 3. The topological polar surface area (TPSA) is 133 Å². The summed E-state index contributed by atoms with van der Waals surface area (Å²) in [5, 5.41) is 20.2. The van der Waals surface area contributed by atoms with Crippen LogP contribution >= 0.6 is 11.3 Å². The normalized spacial score (nSPS) is 13.9. The molecule has 2 aromatic carbocycles. The molecule has 0 aliphatic heterocycles. The van der Waals surface area contributed by atoms with Crippen molar-refractivity contribution in [1.29, 1.82) is 0 Å². The Morgan fingerprint density at radius 2 is 1.55 bits per heavy atom. The van der Waals surface area contributed by atoms with Gasteiger partial charge in [-0.25, -0.2) is 9.59 Å². The summed E-state index contributed by atoms with van der Waals surface area (Å²) < 4.78 is 5.38. The van der Waals surface area contributed by atoms with Crippen molar-refractivity contribution in [2.24, 2.45) is 5.92 Å². The maximum atomic E-state index is 13.4. The van der Waals surface area contributed by atoms with Gasteiger partial charge in [0.25, 0.3) is 0 Å². The average molecular weight is 596 g/mol. The van der Waals surface area contributed by atoms with Gasteiger partial charge in [0.05, 0.1) is 22.5 Å². The number of aliphatic hydroxyl groups excluding tert-OH is 1. The van der Waals surface area contributed by atoms with E-state index in [1.165, 1.54) is 16.2 Å². The number of ether oxygens (including phenoxy) is 1. The summed E-state index contributed by atoms with van der Waals surface area (Å²) in [6.07, 6.45) is 0.916. The molecular formula is C31H41N5O5S. The Bertz CT molecular complexity index is 1240. The summed E-state index contributed by atoms with van der Waals surface area (Å²) in [6, 6.07) is 16.9. The first-order valence-corrected chi connectivity index (χ1v) is 14.8. The predicted molar refractivity (Wildman–Crippen MR) is 163 cm³/mol. The van der Waals surface area contributed by atoms with Crippen LogP contribution in [0, 0.1) is 5.92 Å². The van der Waals surface area contributed by atoms with Crippen LogP contribution in [0.2, 0.25) is 0 Å². The van der Waals surface area contributed by atoms with Crippen LogP contribution in [-0.2, 0) is 29.0 Å². The highest BCUT2D eigenvalue weighted by atomic mass is 32.1. The number of alkyl carbamates (subject to hydrolysis) is 1. The minimum absolute atomic E-state index is 0.0760. The molecule has 42 heavy (non-hydrogen) atoms. The SMILES string of the molecule is CC(C)C(NC(=O)N(C)C)C(=O)N[C@@H](Cc1ccccc1)C[C@H](O)[C@H](Cc1ccccc1)NC(=O)OCc1cncs1. The fourth-order valence-corrected chi connectivity index (χ4v) is 4.94. The van der Waals surface area contributed by atoms with Crippen molar-refractivity contribution in [1.82, 2.24) is 25.8 Å². The van der Waals surface area contributed by atoms with Gasteiger partial charge in [-0.05, 0) is 36.3 Å². The standard InChI is InChI=1S/C31H41N5O5S/c1-21(2)28(35-30(39)36(3)4)29(38)33-24(15-22-11-7-5-8-12-22)17-27(37)26(16-23-13-9-6-10-14-23)34-31(40)41-19-25-18-32-20-42-25/h5-14,18,20-21,24,26-28,37H,15-17,19H2,1-4H3,(H,33,38)(H,34,40)(H,35,39)/t24-,26-,27-,28?/m0/s1. The van der Waals surface area contributed by atoms with Crippen molar-refractivity contribution in [2.75, 3.05) is 14.1 Å². The summed E-state index contributed by atoms with van der Waals surface area (Å²) in [7, 11) is 3.22. The van der Waals surface area contributed by atoms with E-state index in [1.54, 1.807) is 25.8 Å². The molecule has 3 rings (SSSR count). The molecule has 0 aliphatic rings. The molecule has 1 unspecified atom stereocenters. The molecule has 11 heteroatoms. The van der Waals surface area contributed by atoms with Crippen molar-refractivity contribution in [3.63, 3.8) is 0 Å². The zero-order valence-electron chi connectivity index (χ0n) is 24.5. The summed E-state index contributed by atoms with van der Waals surface area (Å²) in [5.41, 5.74) is 3.57. The molecule has 10 nitrogen and oxygen atoms in total. The first kappa shape index (κ1) is 32.6. The number of amides is 4. The van der Waals surface area contributed by atoms with Crippen LogP contribution in [0.3, 0.4) is 0 Å². The molecule has 4 amide bonds. The fourth-order valence-electron chi connectivity index (χ4n) is 4.43. The van der Waals surface area contributed by atoms with Crippen LogP contribution in [-0.4, -0.2) is 71.3 Å². The molecule has 0 radical (unpaired) electrons. The Labute approximate surface area is 251 Å². The number of carbonyl (C=O) groups excluding carboxylic acids is 3. The van der Waals surface area contributed by atoms with Gasteiger partial charge in [-0.15, -0.1) is 11.3 Å². The van der Waals surface area contributed by atoms with Gasteiger partial charge < -0.3 is 30.7 Å². The molecular weight excluding hydrogens is 554 g/mol. The van der Waals surface area contributed by atoms with Crippen molar-refractivity contribution in [3.05, 3.63) is 88.4 Å². The number of urea groups is 1. The molecule has 4 atom stereocenters. The lowest BCUT2D eigenvalue weighted by atomic mass is 9.93. The second kappa shape index (κ2) is 16.5. The molecule has 0 fully saturated rings. The number of rotatable bonds is 14. The first-order valence-electron chi connectivity index (χ1n) is 14.0. The number of aromatic nitrogens is 1. The molecule has 1 aromatic heterocycles. The smallest absolute Gasteiger partial charge is 0.407 e. The number of benzene rings is 2. The van der Waals surface area contributed by atoms with Gasteiger partial charge in [-0.1, -0.05) is 74.5 Å². The molecule has 0 saturated heterocycles. The third kappa shape index (κ3) is 10.8. The first-order chi connectivity index (χ1) is 20.1. The van der Waals surface area contributed by atoms with E-state index in [0.29, 0.717) is 12.8 Å². The van der Waals surface area contributed by atoms with Crippen LogP contribution in [0.1, 0.15) is 36.3 Å². The second-order valence-electron chi connectivity index (χ2n) is 10.7. The fraction of sp³-hybridized carbons (Fsp3) is 0.419. The predicted octanol–water partition coefficient (Wildman–Crippen LogP) is 3.75. The molecule has 3 aromatic rings. The van der Waals surface area contributed by atoms with E-state index in [0.717, 1.165) is 16.0 Å². The monoisotopic (exact) mass is 595 g/mol. The molecule has 1 heterocycles. The van der Waals surface area contributed by atoms with Gasteiger partial charge in [0.1, 0.15) is 12.6 Å². The van der Waals surface area contributed by atoms with Crippen molar-refractivity contribution < 1.29 is 24.2 Å². The van der Waals surface area contributed by atoms with Gasteiger partial charge in [0, 0.05) is 26.3 Å². The Kier molecular flexibility index (Phi) is 12.8. The Morgan fingerprint density at radius 3 is 2.10 bits per heavy atom. The molecule has 0 bridgehead atoms. The molecule has 226 valence electrons. The highest BCUT2D eigenvalue weighted by molar-refractivity contribution is 7.09. The van der Waals surface area contributed by atoms with Gasteiger partial charge >= 0.3 is 12.1 Å². The van der Waals surface area contributed by atoms with E-state index in [9.17, 15) is 19.5 Å². The Morgan fingerprint density at radius 1 is 0.929 bits per heavy atom. The third-order valence-corrected chi connectivity index (χ3v) is 7.48.